The maximum atomic E-state index is 5.91. The lowest BCUT2D eigenvalue weighted by Gasteiger charge is -1.95. The van der Waals surface area contributed by atoms with Gasteiger partial charge in [-0.1, -0.05) is 25.1 Å². The molecule has 0 amide bonds. The second-order valence-electron chi connectivity index (χ2n) is 4.73. The van der Waals surface area contributed by atoms with Crippen molar-refractivity contribution in [2.24, 2.45) is 0 Å². The van der Waals surface area contributed by atoms with E-state index in [4.69, 9.17) is 4.42 Å². The van der Waals surface area contributed by atoms with E-state index in [0.29, 0.717) is 5.89 Å². The largest absolute Gasteiger partial charge is 0.435 e. The summed E-state index contributed by atoms with van der Waals surface area (Å²) in [6, 6.07) is 16.7. The summed E-state index contributed by atoms with van der Waals surface area (Å²) in [4.78, 5) is 6.97. The molecular weight excluding hydrogens is 298 g/mol. The Kier molecular flexibility index (Phi) is 3.20. The van der Waals surface area contributed by atoms with Gasteiger partial charge in [-0.15, -0.1) is 23.1 Å². The number of oxazole rings is 1. The molecule has 0 unspecified atom stereocenters. The van der Waals surface area contributed by atoms with Gasteiger partial charge in [0.15, 0.2) is 5.58 Å². The topological polar surface area (TPSA) is 26.0 Å². The lowest BCUT2D eigenvalue weighted by molar-refractivity contribution is 0.621. The molecule has 0 aliphatic rings. The number of nitrogens with zero attached hydrogens (tertiary/aromatic N) is 1. The van der Waals surface area contributed by atoms with Gasteiger partial charge in [0.25, 0.3) is 0 Å². The molecule has 2 aromatic heterocycles. The van der Waals surface area contributed by atoms with Crippen molar-refractivity contribution in [3.05, 3.63) is 48.5 Å². The van der Waals surface area contributed by atoms with E-state index in [0.717, 1.165) is 21.7 Å². The van der Waals surface area contributed by atoms with Gasteiger partial charge in [0.05, 0.1) is 4.88 Å². The summed E-state index contributed by atoms with van der Waals surface area (Å²) in [6.07, 6.45) is 0. The third-order valence-corrected chi connectivity index (χ3v) is 5.29. The summed E-state index contributed by atoms with van der Waals surface area (Å²) in [5.41, 5.74) is 1.78. The molecule has 0 saturated carbocycles. The Labute approximate surface area is 130 Å². The fourth-order valence-corrected chi connectivity index (χ4v) is 4.04. The molecule has 0 aliphatic carbocycles. The number of hydrogen-bond acceptors (Lipinski definition) is 4. The lowest BCUT2D eigenvalue weighted by atomic mass is 10.2. The van der Waals surface area contributed by atoms with Crippen LogP contribution in [-0.4, -0.2) is 10.7 Å². The van der Waals surface area contributed by atoms with Crippen LogP contribution in [0.5, 0.6) is 0 Å². The van der Waals surface area contributed by atoms with E-state index < -0.39 is 0 Å². The summed E-state index contributed by atoms with van der Waals surface area (Å²) in [5, 5.41) is 1.24. The normalized spacial score (nSPS) is 11.5. The first-order valence-electron chi connectivity index (χ1n) is 6.86. The van der Waals surface area contributed by atoms with Crippen LogP contribution in [0.2, 0.25) is 0 Å². The minimum Gasteiger partial charge on any atom is -0.435 e. The monoisotopic (exact) mass is 311 g/mol. The standard InChI is InChI=1S/C17H13NOS2/c1-2-20-12-7-8-14-13(10-12)18-17(19-14)16-9-11-5-3-4-6-15(11)21-16/h3-10H,2H2,1H3. The highest BCUT2D eigenvalue weighted by molar-refractivity contribution is 7.99. The van der Waals surface area contributed by atoms with Crippen molar-refractivity contribution in [2.75, 3.05) is 5.75 Å². The first kappa shape index (κ1) is 12.9. The summed E-state index contributed by atoms with van der Waals surface area (Å²) in [7, 11) is 0. The van der Waals surface area contributed by atoms with Gasteiger partial charge in [-0.2, -0.15) is 0 Å². The average Bonchev–Trinajstić information content (AvgIpc) is 3.10. The average molecular weight is 311 g/mol. The molecule has 2 aromatic carbocycles. The molecule has 0 bridgehead atoms. The molecule has 4 rings (SSSR count). The molecule has 0 aliphatic heterocycles. The molecule has 0 saturated heterocycles. The van der Waals surface area contributed by atoms with Crippen LogP contribution in [0.3, 0.4) is 0 Å². The van der Waals surface area contributed by atoms with E-state index >= 15 is 0 Å². The Balaban J connectivity index is 1.82. The number of thioether (sulfide) groups is 1. The minimum atomic E-state index is 0.713. The number of fused-ring (bicyclic) bond motifs is 2. The van der Waals surface area contributed by atoms with Crippen molar-refractivity contribution in [3.8, 4) is 10.8 Å². The molecule has 4 heteroatoms. The second kappa shape index (κ2) is 5.20. The number of benzene rings is 2. The summed E-state index contributed by atoms with van der Waals surface area (Å²) in [5.74, 6) is 1.77. The van der Waals surface area contributed by atoms with E-state index in [1.807, 2.05) is 17.8 Å². The molecular formula is C17H13NOS2. The number of aromatic nitrogens is 1. The van der Waals surface area contributed by atoms with Crippen molar-refractivity contribution >= 4 is 44.3 Å². The summed E-state index contributed by atoms with van der Waals surface area (Å²) < 4.78 is 7.17. The molecule has 0 atom stereocenters. The Morgan fingerprint density at radius 1 is 1.14 bits per heavy atom. The Morgan fingerprint density at radius 3 is 2.90 bits per heavy atom. The number of rotatable bonds is 3. The van der Waals surface area contributed by atoms with E-state index in [1.54, 1.807) is 11.3 Å². The zero-order valence-electron chi connectivity index (χ0n) is 11.5. The molecule has 21 heavy (non-hydrogen) atoms. The van der Waals surface area contributed by atoms with E-state index in [2.05, 4.69) is 54.4 Å². The van der Waals surface area contributed by atoms with E-state index in [1.165, 1.54) is 15.0 Å². The second-order valence-corrected chi connectivity index (χ2v) is 7.15. The lowest BCUT2D eigenvalue weighted by Crippen LogP contribution is -1.74. The van der Waals surface area contributed by atoms with Crippen molar-refractivity contribution < 1.29 is 4.42 Å². The van der Waals surface area contributed by atoms with Crippen molar-refractivity contribution in [1.82, 2.24) is 4.98 Å². The van der Waals surface area contributed by atoms with Crippen molar-refractivity contribution in [2.45, 2.75) is 11.8 Å². The van der Waals surface area contributed by atoms with Gasteiger partial charge in [0, 0.05) is 9.60 Å². The van der Waals surface area contributed by atoms with Gasteiger partial charge < -0.3 is 4.42 Å². The molecule has 0 radical (unpaired) electrons. The molecule has 2 heterocycles. The highest BCUT2D eigenvalue weighted by atomic mass is 32.2. The zero-order valence-corrected chi connectivity index (χ0v) is 13.1. The highest BCUT2D eigenvalue weighted by Gasteiger charge is 2.11. The Morgan fingerprint density at radius 2 is 2.05 bits per heavy atom. The first-order chi connectivity index (χ1) is 10.3. The first-order valence-corrected chi connectivity index (χ1v) is 8.66. The molecule has 2 nitrogen and oxygen atoms in total. The Bertz CT molecular complexity index is 890. The van der Waals surface area contributed by atoms with Gasteiger partial charge in [0.1, 0.15) is 5.52 Å². The maximum absolute atomic E-state index is 5.91. The summed E-state index contributed by atoms with van der Waals surface area (Å²) >= 11 is 3.54. The van der Waals surface area contributed by atoms with Crippen molar-refractivity contribution in [1.29, 1.82) is 0 Å². The third-order valence-electron chi connectivity index (χ3n) is 3.31. The van der Waals surface area contributed by atoms with Crippen molar-refractivity contribution in [3.63, 3.8) is 0 Å². The van der Waals surface area contributed by atoms with Crippen LogP contribution in [0.1, 0.15) is 6.92 Å². The van der Waals surface area contributed by atoms with Crippen LogP contribution in [-0.2, 0) is 0 Å². The van der Waals surface area contributed by atoms with Gasteiger partial charge in [-0.3, -0.25) is 0 Å². The van der Waals surface area contributed by atoms with Crippen LogP contribution in [0.15, 0.2) is 57.8 Å². The van der Waals surface area contributed by atoms with Crippen LogP contribution >= 0.6 is 23.1 Å². The highest BCUT2D eigenvalue weighted by Crippen LogP contribution is 2.35. The van der Waals surface area contributed by atoms with E-state index in [-0.39, 0.29) is 0 Å². The minimum absolute atomic E-state index is 0.713. The van der Waals surface area contributed by atoms with E-state index in [9.17, 15) is 0 Å². The fourth-order valence-electron chi connectivity index (χ4n) is 2.36. The molecule has 104 valence electrons. The van der Waals surface area contributed by atoms with Crippen LogP contribution in [0.25, 0.3) is 32.0 Å². The summed E-state index contributed by atoms with van der Waals surface area (Å²) in [6.45, 7) is 2.15. The molecule has 0 N–H and O–H groups in total. The third kappa shape index (κ3) is 2.34. The van der Waals surface area contributed by atoms with Gasteiger partial charge in [-0.25, -0.2) is 4.98 Å². The number of hydrogen-bond donors (Lipinski definition) is 0. The predicted molar refractivity (Wildman–Crippen MR) is 91.2 cm³/mol. The smallest absolute Gasteiger partial charge is 0.237 e. The molecule has 0 fully saturated rings. The fraction of sp³-hybridized carbons (Fsp3) is 0.118. The molecule has 4 aromatic rings. The van der Waals surface area contributed by atoms with Gasteiger partial charge in [-0.05, 0) is 41.5 Å². The zero-order chi connectivity index (χ0) is 14.2. The van der Waals surface area contributed by atoms with Gasteiger partial charge >= 0.3 is 0 Å². The van der Waals surface area contributed by atoms with Crippen LogP contribution in [0, 0.1) is 0 Å². The predicted octanol–water partition coefficient (Wildman–Crippen LogP) is 5.82. The quantitative estimate of drug-likeness (QED) is 0.446. The van der Waals surface area contributed by atoms with Crippen LogP contribution < -0.4 is 0 Å². The Hall–Kier alpha value is -1.78. The number of thiophene rings is 1. The molecule has 0 spiro atoms. The van der Waals surface area contributed by atoms with Crippen LogP contribution in [0.4, 0.5) is 0 Å². The SMILES string of the molecule is CCSc1ccc2oc(-c3cc4ccccc4s3)nc2c1. The maximum Gasteiger partial charge on any atom is 0.237 e. The van der Waals surface area contributed by atoms with Gasteiger partial charge in [0.2, 0.25) is 5.89 Å².